The van der Waals surface area contributed by atoms with Crippen LogP contribution in [0.3, 0.4) is 0 Å². The van der Waals surface area contributed by atoms with Crippen molar-refractivity contribution in [2.75, 3.05) is 6.61 Å². The SMILES string of the molecule is CC(=O)OCC(=O)[C@@]1(O)CC[C@@H]2[C@@H]3C[C@H](C)C4=CC(=O)C=C[C@]4(C)[C@H]3[C@H](O)C[C@@]21C. The van der Waals surface area contributed by atoms with Gasteiger partial charge in [0.2, 0.25) is 5.78 Å². The minimum atomic E-state index is -1.61. The Morgan fingerprint density at radius 1 is 1.30 bits per heavy atom. The number of ether oxygens (including phenoxy) is 1. The number of esters is 1. The summed E-state index contributed by atoms with van der Waals surface area (Å²) in [6.07, 6.45) is 6.71. The quantitative estimate of drug-likeness (QED) is 0.685. The number of rotatable bonds is 3. The van der Waals surface area contributed by atoms with Crippen LogP contribution in [0.2, 0.25) is 0 Å². The highest BCUT2D eigenvalue weighted by Crippen LogP contribution is 2.67. The molecule has 164 valence electrons. The molecule has 6 nitrogen and oxygen atoms in total. The lowest BCUT2D eigenvalue weighted by atomic mass is 9.45. The second kappa shape index (κ2) is 6.86. The highest BCUT2D eigenvalue weighted by Gasteiger charge is 2.68. The Bertz CT molecular complexity index is 858. The van der Waals surface area contributed by atoms with E-state index in [9.17, 15) is 24.6 Å². The van der Waals surface area contributed by atoms with E-state index in [-0.39, 0.29) is 29.5 Å². The summed E-state index contributed by atoms with van der Waals surface area (Å²) in [5.41, 5.74) is -1.72. The monoisotopic (exact) mass is 416 g/mol. The zero-order chi connectivity index (χ0) is 22.1. The van der Waals surface area contributed by atoms with Crippen molar-refractivity contribution < 1.29 is 29.3 Å². The summed E-state index contributed by atoms with van der Waals surface area (Å²) in [5.74, 6) is -0.712. The summed E-state index contributed by atoms with van der Waals surface area (Å²) in [6.45, 7) is 6.94. The molecule has 0 aliphatic heterocycles. The Morgan fingerprint density at radius 3 is 2.67 bits per heavy atom. The fourth-order valence-corrected chi connectivity index (χ4v) is 7.50. The Balaban J connectivity index is 1.70. The molecule has 0 spiro atoms. The predicted molar refractivity (Wildman–Crippen MR) is 109 cm³/mol. The van der Waals surface area contributed by atoms with Gasteiger partial charge < -0.3 is 14.9 Å². The van der Waals surface area contributed by atoms with Gasteiger partial charge in [0.05, 0.1) is 6.10 Å². The Morgan fingerprint density at radius 2 is 2.00 bits per heavy atom. The van der Waals surface area contributed by atoms with Gasteiger partial charge in [-0.05, 0) is 55.6 Å². The van der Waals surface area contributed by atoms with Crippen LogP contribution < -0.4 is 0 Å². The minimum Gasteiger partial charge on any atom is -0.458 e. The summed E-state index contributed by atoms with van der Waals surface area (Å²) in [6, 6.07) is 0. The Hall–Kier alpha value is -1.79. The molecule has 6 heteroatoms. The number of carbonyl (C=O) groups is 3. The molecule has 4 aliphatic rings. The summed E-state index contributed by atoms with van der Waals surface area (Å²) < 4.78 is 4.89. The first-order chi connectivity index (χ1) is 13.9. The molecule has 0 unspecified atom stereocenters. The minimum absolute atomic E-state index is 0.00535. The molecule has 8 atom stereocenters. The average Bonchev–Trinajstić information content (AvgIpc) is 2.93. The smallest absolute Gasteiger partial charge is 0.303 e. The molecular formula is C24H32O6. The van der Waals surface area contributed by atoms with Crippen molar-refractivity contribution in [1.29, 1.82) is 0 Å². The number of hydrogen-bond acceptors (Lipinski definition) is 6. The summed E-state index contributed by atoms with van der Waals surface area (Å²) in [4.78, 5) is 36.1. The summed E-state index contributed by atoms with van der Waals surface area (Å²) in [7, 11) is 0. The molecule has 0 saturated heterocycles. The third kappa shape index (κ3) is 2.79. The molecule has 0 aromatic carbocycles. The van der Waals surface area contributed by atoms with Crippen LogP contribution in [0, 0.1) is 34.5 Å². The first-order valence-electron chi connectivity index (χ1n) is 11.0. The maximum Gasteiger partial charge on any atom is 0.303 e. The van der Waals surface area contributed by atoms with Gasteiger partial charge in [0, 0.05) is 23.7 Å². The molecule has 0 heterocycles. The lowest BCUT2D eigenvalue weighted by molar-refractivity contribution is -0.182. The molecule has 0 radical (unpaired) electrons. The van der Waals surface area contributed by atoms with Crippen LogP contribution in [0.5, 0.6) is 0 Å². The van der Waals surface area contributed by atoms with Crippen LogP contribution in [-0.2, 0) is 19.1 Å². The van der Waals surface area contributed by atoms with Gasteiger partial charge in [0.25, 0.3) is 0 Å². The van der Waals surface area contributed by atoms with Gasteiger partial charge in [-0.1, -0.05) is 32.4 Å². The number of fused-ring (bicyclic) bond motifs is 5. The van der Waals surface area contributed by atoms with E-state index in [0.717, 1.165) is 12.0 Å². The van der Waals surface area contributed by atoms with Gasteiger partial charge in [-0.3, -0.25) is 14.4 Å². The second-order valence-electron chi connectivity index (χ2n) is 10.3. The van der Waals surface area contributed by atoms with Crippen molar-refractivity contribution in [3.8, 4) is 0 Å². The number of allylic oxidation sites excluding steroid dienone is 4. The van der Waals surface area contributed by atoms with E-state index in [1.54, 1.807) is 12.2 Å². The average molecular weight is 417 g/mol. The zero-order valence-electron chi connectivity index (χ0n) is 18.2. The highest BCUT2D eigenvalue weighted by atomic mass is 16.5. The van der Waals surface area contributed by atoms with Gasteiger partial charge in [0.1, 0.15) is 5.60 Å². The molecule has 0 aromatic heterocycles. The number of hydrogen-bond donors (Lipinski definition) is 2. The molecular weight excluding hydrogens is 384 g/mol. The first kappa shape index (κ1) is 21.4. The van der Waals surface area contributed by atoms with Crippen LogP contribution >= 0.6 is 0 Å². The Kier molecular flexibility index (Phi) is 4.90. The van der Waals surface area contributed by atoms with Crippen LogP contribution in [0.25, 0.3) is 0 Å². The summed E-state index contributed by atoms with van der Waals surface area (Å²) >= 11 is 0. The van der Waals surface area contributed by atoms with Crippen molar-refractivity contribution in [1.82, 2.24) is 0 Å². The highest BCUT2D eigenvalue weighted by molar-refractivity contribution is 6.01. The molecule has 30 heavy (non-hydrogen) atoms. The number of Topliss-reactive ketones (excluding diaryl/α,β-unsaturated/α-hetero) is 1. The third-order valence-electron chi connectivity index (χ3n) is 8.84. The van der Waals surface area contributed by atoms with E-state index in [2.05, 4.69) is 13.8 Å². The zero-order valence-corrected chi connectivity index (χ0v) is 18.2. The van der Waals surface area contributed by atoms with Crippen molar-refractivity contribution in [3.63, 3.8) is 0 Å². The molecule has 4 rings (SSSR count). The van der Waals surface area contributed by atoms with E-state index in [1.807, 2.05) is 13.0 Å². The number of ketones is 2. The van der Waals surface area contributed by atoms with Crippen molar-refractivity contribution in [2.24, 2.45) is 34.5 Å². The van der Waals surface area contributed by atoms with Gasteiger partial charge in [0.15, 0.2) is 12.4 Å². The van der Waals surface area contributed by atoms with Crippen LogP contribution in [-0.4, -0.2) is 46.1 Å². The van der Waals surface area contributed by atoms with Crippen LogP contribution in [0.15, 0.2) is 23.8 Å². The molecule has 0 amide bonds. The van der Waals surface area contributed by atoms with E-state index in [4.69, 9.17) is 4.74 Å². The lowest BCUT2D eigenvalue weighted by Crippen LogP contribution is -2.62. The molecule has 2 N–H and O–H groups in total. The maximum atomic E-state index is 12.9. The van der Waals surface area contributed by atoms with Gasteiger partial charge in [-0.25, -0.2) is 0 Å². The molecule has 3 fully saturated rings. The number of carbonyl (C=O) groups excluding carboxylic acids is 3. The normalized spacial score (nSPS) is 47.1. The third-order valence-corrected chi connectivity index (χ3v) is 8.84. The topological polar surface area (TPSA) is 101 Å². The fraction of sp³-hybridized carbons (Fsp3) is 0.708. The first-order valence-corrected chi connectivity index (χ1v) is 11.0. The van der Waals surface area contributed by atoms with Crippen molar-refractivity contribution >= 4 is 17.5 Å². The standard InChI is InChI=1S/C24H32O6/c1-13-9-16-17-6-8-24(29,20(28)12-30-14(2)25)23(17,4)11-19(27)21(16)22(3)7-5-15(26)10-18(13)22/h5,7,10,13,16-17,19,21,27,29H,6,8-9,11-12H2,1-4H3/t13-,16-,17+,19+,21+,22-,23-,24-/m0/s1. The maximum absolute atomic E-state index is 12.9. The largest absolute Gasteiger partial charge is 0.458 e. The van der Waals surface area contributed by atoms with E-state index in [0.29, 0.717) is 19.3 Å². The predicted octanol–water partition coefficient (Wildman–Crippen LogP) is 2.37. The van der Waals surface area contributed by atoms with E-state index in [1.165, 1.54) is 6.92 Å². The number of aliphatic hydroxyl groups excluding tert-OH is 1. The fourth-order valence-electron chi connectivity index (χ4n) is 7.50. The van der Waals surface area contributed by atoms with Gasteiger partial charge >= 0.3 is 5.97 Å². The molecule has 0 bridgehead atoms. The molecule has 3 saturated carbocycles. The van der Waals surface area contributed by atoms with Gasteiger partial charge in [-0.15, -0.1) is 0 Å². The van der Waals surface area contributed by atoms with Crippen molar-refractivity contribution in [3.05, 3.63) is 23.8 Å². The second-order valence-corrected chi connectivity index (χ2v) is 10.3. The summed E-state index contributed by atoms with van der Waals surface area (Å²) in [5, 5.41) is 22.9. The van der Waals surface area contributed by atoms with Crippen LogP contribution in [0.4, 0.5) is 0 Å². The van der Waals surface area contributed by atoms with Crippen LogP contribution in [0.1, 0.15) is 53.4 Å². The molecule has 4 aliphatic carbocycles. The van der Waals surface area contributed by atoms with Crippen molar-refractivity contribution in [2.45, 2.75) is 65.1 Å². The van der Waals surface area contributed by atoms with E-state index >= 15 is 0 Å². The van der Waals surface area contributed by atoms with Gasteiger partial charge in [-0.2, -0.15) is 0 Å². The van der Waals surface area contributed by atoms with E-state index < -0.39 is 40.9 Å². The number of aliphatic hydroxyl groups is 2. The molecule has 0 aromatic rings. The Labute approximate surface area is 177 Å². The lowest BCUT2D eigenvalue weighted by Gasteiger charge is -2.60.